The molecule has 134 valence electrons. The molecule has 25 heavy (non-hydrogen) atoms. The summed E-state index contributed by atoms with van der Waals surface area (Å²) in [6.45, 7) is 9.12. The molecule has 1 aromatic carbocycles. The maximum absolute atomic E-state index is 12.1. The zero-order chi connectivity index (χ0) is 18.4. The van der Waals surface area contributed by atoms with Crippen molar-refractivity contribution in [2.75, 3.05) is 13.1 Å². The van der Waals surface area contributed by atoms with Gasteiger partial charge in [0.25, 0.3) is 5.91 Å². The third-order valence-corrected chi connectivity index (χ3v) is 4.78. The van der Waals surface area contributed by atoms with Crippen LogP contribution in [0.25, 0.3) is 10.9 Å². The van der Waals surface area contributed by atoms with Crippen molar-refractivity contribution in [3.63, 3.8) is 0 Å². The molecule has 1 fully saturated rings. The number of H-pyrrole nitrogens is 1. The predicted octanol–water partition coefficient (Wildman–Crippen LogP) is 3.24. The molecule has 0 aliphatic carbocycles. The van der Waals surface area contributed by atoms with Crippen LogP contribution < -0.4 is 5.73 Å². The smallest absolute Gasteiger partial charge is 0.410 e. The second-order valence-electron chi connectivity index (χ2n) is 7.77. The van der Waals surface area contributed by atoms with Crippen LogP contribution in [-0.4, -0.2) is 40.6 Å². The zero-order valence-electron chi connectivity index (χ0n) is 15.1. The van der Waals surface area contributed by atoms with Gasteiger partial charge in [-0.3, -0.25) is 4.79 Å². The fraction of sp³-hybridized carbons (Fsp3) is 0.474. The molecule has 1 atom stereocenters. The monoisotopic (exact) mass is 343 g/mol. The van der Waals surface area contributed by atoms with Crippen LogP contribution in [0.1, 0.15) is 49.5 Å². The Morgan fingerprint density at radius 3 is 2.56 bits per heavy atom. The van der Waals surface area contributed by atoms with Gasteiger partial charge in [0.05, 0.1) is 11.1 Å². The fourth-order valence-corrected chi connectivity index (χ4v) is 3.34. The van der Waals surface area contributed by atoms with Gasteiger partial charge in [0.15, 0.2) is 0 Å². The van der Waals surface area contributed by atoms with Gasteiger partial charge in [0, 0.05) is 30.6 Å². The number of aromatic nitrogens is 1. The van der Waals surface area contributed by atoms with E-state index in [2.05, 4.69) is 11.9 Å². The number of hydrogen-bond acceptors (Lipinski definition) is 3. The molecule has 1 aromatic heterocycles. The van der Waals surface area contributed by atoms with E-state index >= 15 is 0 Å². The number of nitrogens with one attached hydrogen (secondary N) is 1. The van der Waals surface area contributed by atoms with E-state index in [0.717, 1.165) is 16.5 Å². The summed E-state index contributed by atoms with van der Waals surface area (Å²) in [6.07, 6.45) is 1.56. The first kappa shape index (κ1) is 17.3. The Hall–Kier alpha value is -2.50. The number of nitrogens with zero attached hydrogens (tertiary/aromatic N) is 1. The van der Waals surface area contributed by atoms with Gasteiger partial charge in [-0.25, -0.2) is 4.79 Å². The normalized spacial score (nSPS) is 16.6. The van der Waals surface area contributed by atoms with Gasteiger partial charge in [-0.2, -0.15) is 0 Å². The van der Waals surface area contributed by atoms with Crippen molar-refractivity contribution in [2.45, 2.75) is 39.2 Å². The lowest BCUT2D eigenvalue weighted by atomic mass is 9.81. The molecule has 0 bridgehead atoms. The highest BCUT2D eigenvalue weighted by atomic mass is 16.6. The summed E-state index contributed by atoms with van der Waals surface area (Å²) in [5.41, 5.74) is 7.41. The van der Waals surface area contributed by atoms with Gasteiger partial charge in [-0.05, 0) is 44.4 Å². The molecule has 3 N–H and O–H groups in total. The number of benzene rings is 1. The lowest BCUT2D eigenvalue weighted by Gasteiger charge is -2.43. The number of rotatable bonds is 3. The number of carbonyl (C=O) groups excluding carboxylic acids is 2. The van der Waals surface area contributed by atoms with Crippen molar-refractivity contribution in [3.8, 4) is 0 Å². The van der Waals surface area contributed by atoms with Gasteiger partial charge >= 0.3 is 6.09 Å². The van der Waals surface area contributed by atoms with Crippen LogP contribution in [0.5, 0.6) is 0 Å². The van der Waals surface area contributed by atoms with Crippen LogP contribution in [0.2, 0.25) is 0 Å². The molecular formula is C19H25N3O3. The number of aromatic amines is 1. The number of likely N-dealkylation sites (tertiary alicyclic amines) is 1. The van der Waals surface area contributed by atoms with E-state index in [-0.39, 0.29) is 12.0 Å². The van der Waals surface area contributed by atoms with E-state index in [9.17, 15) is 9.59 Å². The molecule has 0 spiro atoms. The van der Waals surface area contributed by atoms with Gasteiger partial charge in [-0.15, -0.1) is 0 Å². The molecule has 1 aliphatic heterocycles. The lowest BCUT2D eigenvalue weighted by molar-refractivity contribution is -0.00412. The highest BCUT2D eigenvalue weighted by molar-refractivity contribution is 6.05. The summed E-state index contributed by atoms with van der Waals surface area (Å²) in [7, 11) is 0. The van der Waals surface area contributed by atoms with E-state index in [1.807, 2.05) is 39.1 Å². The molecule has 6 nitrogen and oxygen atoms in total. The van der Waals surface area contributed by atoms with Crippen molar-refractivity contribution in [1.29, 1.82) is 0 Å². The van der Waals surface area contributed by atoms with Crippen molar-refractivity contribution < 1.29 is 14.3 Å². The van der Waals surface area contributed by atoms with Gasteiger partial charge in [0.2, 0.25) is 0 Å². The number of fused-ring (bicyclic) bond motifs is 1. The van der Waals surface area contributed by atoms with E-state index < -0.39 is 11.5 Å². The SMILES string of the molecule is C[C@@H](c1ccc(C(N)=O)c2[nH]ccc12)C1CN(C(=O)OC(C)(C)C)C1. The molecule has 2 amide bonds. The van der Waals surface area contributed by atoms with E-state index in [4.69, 9.17) is 10.5 Å². The highest BCUT2D eigenvalue weighted by Crippen LogP contribution is 2.36. The van der Waals surface area contributed by atoms with Crippen LogP contribution in [0.3, 0.4) is 0 Å². The number of primary amides is 1. The van der Waals surface area contributed by atoms with Crippen LogP contribution in [0.15, 0.2) is 24.4 Å². The minimum atomic E-state index is -0.477. The first-order chi connectivity index (χ1) is 11.7. The Labute approximate surface area is 147 Å². The van der Waals surface area contributed by atoms with Gasteiger partial charge in [-0.1, -0.05) is 13.0 Å². The molecule has 6 heteroatoms. The standard InChI is InChI=1S/C19H25N3O3/c1-11(12-9-22(10-12)18(24)25-19(2,3)4)13-5-6-15(17(20)23)16-14(13)7-8-21-16/h5-8,11-12,21H,9-10H2,1-4H3,(H2,20,23)/t11-/m1/s1. The maximum atomic E-state index is 12.1. The fourth-order valence-electron chi connectivity index (χ4n) is 3.34. The third-order valence-electron chi connectivity index (χ3n) is 4.78. The van der Waals surface area contributed by atoms with Crippen molar-refractivity contribution >= 4 is 22.9 Å². The van der Waals surface area contributed by atoms with Crippen LogP contribution in [0.4, 0.5) is 4.79 Å². The number of ether oxygens (including phenoxy) is 1. The van der Waals surface area contributed by atoms with Crippen molar-refractivity contribution in [2.24, 2.45) is 11.7 Å². The van der Waals surface area contributed by atoms with E-state index in [1.54, 1.807) is 11.0 Å². The Bertz CT molecular complexity index is 813. The number of hydrogen-bond donors (Lipinski definition) is 2. The molecule has 0 saturated carbocycles. The quantitative estimate of drug-likeness (QED) is 0.896. The summed E-state index contributed by atoms with van der Waals surface area (Å²) >= 11 is 0. The number of amides is 2. The maximum Gasteiger partial charge on any atom is 0.410 e. The highest BCUT2D eigenvalue weighted by Gasteiger charge is 2.37. The molecule has 1 saturated heterocycles. The Balaban J connectivity index is 1.74. The van der Waals surface area contributed by atoms with Crippen LogP contribution in [0, 0.1) is 5.92 Å². The minimum Gasteiger partial charge on any atom is -0.444 e. The van der Waals surface area contributed by atoms with Crippen molar-refractivity contribution in [3.05, 3.63) is 35.5 Å². The average molecular weight is 343 g/mol. The Morgan fingerprint density at radius 1 is 1.28 bits per heavy atom. The van der Waals surface area contributed by atoms with Crippen molar-refractivity contribution in [1.82, 2.24) is 9.88 Å². The molecule has 2 heterocycles. The second-order valence-corrected chi connectivity index (χ2v) is 7.77. The predicted molar refractivity (Wildman–Crippen MR) is 96.5 cm³/mol. The largest absolute Gasteiger partial charge is 0.444 e. The summed E-state index contributed by atoms with van der Waals surface area (Å²) < 4.78 is 5.41. The summed E-state index contributed by atoms with van der Waals surface area (Å²) in [4.78, 5) is 28.5. The van der Waals surface area contributed by atoms with Crippen LogP contribution >= 0.6 is 0 Å². The number of carbonyl (C=O) groups is 2. The average Bonchev–Trinajstić information content (AvgIpc) is 2.91. The topological polar surface area (TPSA) is 88.4 Å². The Kier molecular flexibility index (Phi) is 4.22. The van der Waals surface area contributed by atoms with E-state index in [0.29, 0.717) is 24.6 Å². The second kappa shape index (κ2) is 6.10. The molecule has 0 unspecified atom stereocenters. The summed E-state index contributed by atoms with van der Waals surface area (Å²) in [6, 6.07) is 5.71. The van der Waals surface area contributed by atoms with Gasteiger partial charge < -0.3 is 20.4 Å². The number of nitrogens with two attached hydrogens (primary N) is 1. The first-order valence-corrected chi connectivity index (χ1v) is 8.55. The summed E-state index contributed by atoms with van der Waals surface area (Å²) in [5.74, 6) is 0.190. The third kappa shape index (κ3) is 3.34. The van der Waals surface area contributed by atoms with Gasteiger partial charge in [0.1, 0.15) is 5.60 Å². The summed E-state index contributed by atoms with van der Waals surface area (Å²) in [5, 5.41) is 1.01. The van der Waals surface area contributed by atoms with E-state index in [1.165, 1.54) is 0 Å². The Morgan fingerprint density at radius 2 is 1.96 bits per heavy atom. The molecule has 2 aromatic rings. The molecule has 1 aliphatic rings. The minimum absolute atomic E-state index is 0.258. The lowest BCUT2D eigenvalue weighted by Crippen LogP contribution is -2.53. The zero-order valence-corrected chi connectivity index (χ0v) is 15.1. The molecule has 3 rings (SSSR count). The molecular weight excluding hydrogens is 318 g/mol. The van der Waals surface area contributed by atoms with Crippen LogP contribution in [-0.2, 0) is 4.74 Å². The first-order valence-electron chi connectivity index (χ1n) is 8.55. The molecule has 0 radical (unpaired) electrons.